The van der Waals surface area contributed by atoms with Crippen LogP contribution in [0, 0.1) is 11.7 Å². The van der Waals surface area contributed by atoms with Crippen LogP contribution in [-0.2, 0) is 6.61 Å². The zero-order valence-corrected chi connectivity index (χ0v) is 17.5. The molecule has 0 saturated carbocycles. The van der Waals surface area contributed by atoms with Crippen molar-refractivity contribution < 1.29 is 22.9 Å². The van der Waals surface area contributed by atoms with Crippen molar-refractivity contribution in [3.8, 4) is 17.1 Å². The number of aromatic nitrogens is 3. The van der Waals surface area contributed by atoms with Crippen molar-refractivity contribution in [2.24, 2.45) is 5.92 Å². The minimum atomic E-state index is -0.505. The van der Waals surface area contributed by atoms with E-state index < -0.39 is 11.9 Å². The van der Waals surface area contributed by atoms with Gasteiger partial charge < -0.3 is 19.0 Å². The Morgan fingerprint density at radius 1 is 1.09 bits per heavy atom. The molecule has 1 aromatic carbocycles. The summed E-state index contributed by atoms with van der Waals surface area (Å²) < 4.78 is 29.5. The van der Waals surface area contributed by atoms with Crippen LogP contribution in [0.15, 0.2) is 69.9 Å². The molecule has 8 nitrogen and oxygen atoms in total. The van der Waals surface area contributed by atoms with Crippen LogP contribution in [0.5, 0.6) is 5.75 Å². The van der Waals surface area contributed by atoms with E-state index in [1.54, 1.807) is 36.7 Å². The van der Waals surface area contributed by atoms with Crippen molar-refractivity contribution in [3.05, 3.63) is 84.2 Å². The van der Waals surface area contributed by atoms with Crippen molar-refractivity contribution in [3.63, 3.8) is 0 Å². The van der Waals surface area contributed by atoms with Crippen molar-refractivity contribution in [2.45, 2.75) is 26.5 Å². The molecule has 0 saturated heterocycles. The van der Waals surface area contributed by atoms with E-state index in [1.807, 2.05) is 13.8 Å². The van der Waals surface area contributed by atoms with Crippen LogP contribution >= 0.6 is 0 Å². The van der Waals surface area contributed by atoms with Crippen molar-refractivity contribution in [2.75, 3.05) is 0 Å². The highest BCUT2D eigenvalue weighted by molar-refractivity contribution is 5.91. The van der Waals surface area contributed by atoms with Crippen molar-refractivity contribution in [1.82, 2.24) is 20.4 Å². The number of hydrogen-bond acceptors (Lipinski definition) is 7. The van der Waals surface area contributed by atoms with Gasteiger partial charge in [-0.25, -0.2) is 4.39 Å². The summed E-state index contributed by atoms with van der Waals surface area (Å²) in [5.74, 6) is 1.02. The second kappa shape index (κ2) is 9.42. The summed E-state index contributed by atoms with van der Waals surface area (Å²) in [5.41, 5.74) is 0.765. The van der Waals surface area contributed by atoms with E-state index in [0.717, 1.165) is 5.56 Å². The molecule has 164 valence electrons. The average Bonchev–Trinajstić information content (AvgIpc) is 3.47. The third-order valence-electron chi connectivity index (χ3n) is 4.68. The molecular weight excluding hydrogens is 415 g/mol. The van der Waals surface area contributed by atoms with Gasteiger partial charge in [-0.05, 0) is 54.4 Å². The monoisotopic (exact) mass is 436 g/mol. The molecule has 1 unspecified atom stereocenters. The second-order valence-corrected chi connectivity index (χ2v) is 7.40. The number of carbonyl (C=O) groups excluding carboxylic acids is 1. The highest BCUT2D eigenvalue weighted by atomic mass is 19.1. The highest BCUT2D eigenvalue weighted by Crippen LogP contribution is 2.24. The normalized spacial score (nSPS) is 12.0. The second-order valence-electron chi connectivity index (χ2n) is 7.40. The molecule has 1 N–H and O–H groups in total. The molecule has 1 amide bonds. The van der Waals surface area contributed by atoms with Gasteiger partial charge in [0.2, 0.25) is 11.7 Å². The molecule has 0 fully saturated rings. The Hall–Kier alpha value is -4.01. The molecule has 3 aromatic heterocycles. The number of rotatable bonds is 8. The quantitative estimate of drug-likeness (QED) is 0.431. The molecule has 32 heavy (non-hydrogen) atoms. The van der Waals surface area contributed by atoms with Gasteiger partial charge in [-0.3, -0.25) is 9.78 Å². The summed E-state index contributed by atoms with van der Waals surface area (Å²) in [6.07, 6.45) is 3.28. The molecule has 0 aliphatic rings. The largest absolute Gasteiger partial charge is 0.486 e. The maximum atomic E-state index is 13.0. The Morgan fingerprint density at radius 3 is 2.56 bits per heavy atom. The first kappa shape index (κ1) is 21.2. The fourth-order valence-corrected chi connectivity index (χ4v) is 2.97. The van der Waals surface area contributed by atoms with Crippen LogP contribution in [-0.4, -0.2) is 21.0 Å². The van der Waals surface area contributed by atoms with E-state index >= 15 is 0 Å². The number of pyridine rings is 1. The van der Waals surface area contributed by atoms with Crippen LogP contribution < -0.4 is 10.1 Å². The predicted octanol–water partition coefficient (Wildman–Crippen LogP) is 4.57. The Morgan fingerprint density at radius 2 is 1.84 bits per heavy atom. The maximum Gasteiger partial charge on any atom is 0.287 e. The smallest absolute Gasteiger partial charge is 0.287 e. The van der Waals surface area contributed by atoms with E-state index in [9.17, 15) is 9.18 Å². The van der Waals surface area contributed by atoms with E-state index in [1.165, 1.54) is 24.3 Å². The zero-order chi connectivity index (χ0) is 22.5. The molecule has 4 aromatic rings. The molecule has 0 aliphatic heterocycles. The first-order chi connectivity index (χ1) is 15.5. The zero-order valence-electron chi connectivity index (χ0n) is 17.5. The van der Waals surface area contributed by atoms with Gasteiger partial charge in [0.25, 0.3) is 5.91 Å². The fourth-order valence-electron chi connectivity index (χ4n) is 2.97. The minimum absolute atomic E-state index is 0.0130. The van der Waals surface area contributed by atoms with E-state index in [2.05, 4.69) is 20.4 Å². The number of hydrogen-bond donors (Lipinski definition) is 1. The lowest BCUT2D eigenvalue weighted by molar-refractivity contribution is 0.0881. The lowest BCUT2D eigenvalue weighted by Gasteiger charge is -2.17. The summed E-state index contributed by atoms with van der Waals surface area (Å²) in [7, 11) is 0. The Bertz CT molecular complexity index is 1170. The van der Waals surface area contributed by atoms with Gasteiger partial charge in [-0.1, -0.05) is 19.0 Å². The third-order valence-corrected chi connectivity index (χ3v) is 4.68. The molecule has 0 spiro atoms. The summed E-state index contributed by atoms with van der Waals surface area (Å²) in [4.78, 5) is 21.1. The van der Waals surface area contributed by atoms with E-state index in [4.69, 9.17) is 13.7 Å². The maximum absolute atomic E-state index is 13.0. The molecule has 0 bridgehead atoms. The van der Waals surface area contributed by atoms with Gasteiger partial charge in [0.05, 0.1) is 0 Å². The van der Waals surface area contributed by atoms with Gasteiger partial charge in [-0.15, -0.1) is 0 Å². The van der Waals surface area contributed by atoms with Crippen LogP contribution in [0.1, 0.15) is 42.1 Å². The Balaban J connectivity index is 1.41. The number of halogens is 1. The Kier molecular flexibility index (Phi) is 6.25. The molecule has 1 atom stereocenters. The third kappa shape index (κ3) is 5.00. The number of benzene rings is 1. The van der Waals surface area contributed by atoms with E-state index in [0.29, 0.717) is 23.2 Å². The number of ether oxygens (including phenoxy) is 1. The molecular formula is C23H21FN4O4. The Labute approximate surface area is 183 Å². The van der Waals surface area contributed by atoms with Gasteiger partial charge >= 0.3 is 0 Å². The average molecular weight is 436 g/mol. The summed E-state index contributed by atoms with van der Waals surface area (Å²) in [6, 6.07) is 11.9. The van der Waals surface area contributed by atoms with Crippen LogP contribution in [0.4, 0.5) is 4.39 Å². The van der Waals surface area contributed by atoms with Crippen molar-refractivity contribution >= 4 is 5.91 Å². The number of nitrogens with zero attached hydrogens (tertiary/aromatic N) is 3. The molecule has 0 aliphatic carbocycles. The van der Waals surface area contributed by atoms with E-state index in [-0.39, 0.29) is 24.1 Å². The predicted molar refractivity (Wildman–Crippen MR) is 112 cm³/mol. The van der Waals surface area contributed by atoms with Gasteiger partial charge in [-0.2, -0.15) is 4.98 Å². The number of carbonyl (C=O) groups is 1. The lowest BCUT2D eigenvalue weighted by Crippen LogP contribution is -2.31. The van der Waals surface area contributed by atoms with Crippen LogP contribution in [0.25, 0.3) is 11.4 Å². The standard InChI is InChI=1S/C23H21FN4O4/c1-14(2)20(23-27-21(28-32-23)15-9-11-25-12-10-15)26-22(29)19-8-7-18(31-19)13-30-17-5-3-16(24)4-6-17/h3-12,14,20H,13H2,1-2H3,(H,26,29). The fraction of sp³-hybridized carbons (Fsp3) is 0.217. The number of furan rings is 1. The molecule has 3 heterocycles. The molecule has 0 radical (unpaired) electrons. The van der Waals surface area contributed by atoms with Crippen LogP contribution in [0.2, 0.25) is 0 Å². The molecule has 4 rings (SSSR count). The molecule has 9 heteroatoms. The van der Waals surface area contributed by atoms with Gasteiger partial charge in [0.1, 0.15) is 30.0 Å². The van der Waals surface area contributed by atoms with Crippen LogP contribution in [0.3, 0.4) is 0 Å². The highest BCUT2D eigenvalue weighted by Gasteiger charge is 2.26. The summed E-state index contributed by atoms with van der Waals surface area (Å²) in [5, 5.41) is 6.89. The number of amides is 1. The SMILES string of the molecule is CC(C)C(NC(=O)c1ccc(COc2ccc(F)cc2)o1)c1nc(-c2ccncc2)no1. The number of nitrogens with one attached hydrogen (secondary N) is 1. The lowest BCUT2D eigenvalue weighted by atomic mass is 10.0. The first-order valence-corrected chi connectivity index (χ1v) is 10.0. The van der Waals surface area contributed by atoms with Gasteiger partial charge in [0.15, 0.2) is 5.76 Å². The van der Waals surface area contributed by atoms with Gasteiger partial charge in [0, 0.05) is 18.0 Å². The minimum Gasteiger partial charge on any atom is -0.486 e. The summed E-state index contributed by atoms with van der Waals surface area (Å²) >= 11 is 0. The first-order valence-electron chi connectivity index (χ1n) is 10.0. The topological polar surface area (TPSA) is 103 Å². The van der Waals surface area contributed by atoms with Crippen molar-refractivity contribution in [1.29, 1.82) is 0 Å². The summed E-state index contributed by atoms with van der Waals surface area (Å²) in [6.45, 7) is 3.97.